The fourth-order valence-corrected chi connectivity index (χ4v) is 3.58. The first kappa shape index (κ1) is 18.7. The maximum absolute atomic E-state index is 12.9. The number of aryl methyl sites for hydroxylation is 1. The molecule has 0 radical (unpaired) electrons. The van der Waals surface area contributed by atoms with Gasteiger partial charge in [0.15, 0.2) is 0 Å². The molecule has 146 valence electrons. The van der Waals surface area contributed by atoms with E-state index in [1.54, 1.807) is 4.90 Å². The standard InChI is InChI=1S/C24H23N3O2/c1-16-7-6-10-21(17(16)2)26-24(29)25-20-12-11-18-13-14-27(22(18)15-20)23(28)19-8-4-3-5-9-19/h3-12,15H,13-14H2,1-2H3,(H2,25,26,29). The van der Waals surface area contributed by atoms with E-state index in [-0.39, 0.29) is 11.9 Å². The fourth-order valence-electron chi connectivity index (χ4n) is 3.58. The molecule has 1 aliphatic rings. The molecular formula is C24H23N3O2. The van der Waals surface area contributed by atoms with Crippen molar-refractivity contribution in [2.24, 2.45) is 0 Å². The number of hydrogen-bond acceptors (Lipinski definition) is 2. The van der Waals surface area contributed by atoms with Crippen LogP contribution in [-0.2, 0) is 6.42 Å². The first-order chi connectivity index (χ1) is 14.0. The van der Waals surface area contributed by atoms with Crippen LogP contribution in [0.15, 0.2) is 66.7 Å². The second kappa shape index (κ2) is 7.80. The number of urea groups is 1. The number of rotatable bonds is 3. The topological polar surface area (TPSA) is 61.4 Å². The molecule has 0 bridgehead atoms. The Bertz CT molecular complexity index is 1080. The molecule has 0 saturated heterocycles. The van der Waals surface area contributed by atoms with Crippen LogP contribution in [0, 0.1) is 13.8 Å². The summed E-state index contributed by atoms with van der Waals surface area (Å²) in [5, 5.41) is 5.77. The monoisotopic (exact) mass is 385 g/mol. The highest BCUT2D eigenvalue weighted by atomic mass is 16.2. The zero-order chi connectivity index (χ0) is 20.4. The van der Waals surface area contributed by atoms with Crippen molar-refractivity contribution in [3.05, 3.63) is 89.0 Å². The molecule has 2 N–H and O–H groups in total. The maximum atomic E-state index is 12.9. The van der Waals surface area contributed by atoms with Crippen molar-refractivity contribution in [2.75, 3.05) is 22.1 Å². The average molecular weight is 385 g/mol. The van der Waals surface area contributed by atoms with Gasteiger partial charge >= 0.3 is 6.03 Å². The molecule has 4 rings (SSSR count). The van der Waals surface area contributed by atoms with Crippen LogP contribution in [-0.4, -0.2) is 18.5 Å². The number of benzene rings is 3. The number of hydrogen-bond donors (Lipinski definition) is 2. The van der Waals surface area contributed by atoms with Gasteiger partial charge in [-0.2, -0.15) is 0 Å². The lowest BCUT2D eigenvalue weighted by Crippen LogP contribution is -2.29. The van der Waals surface area contributed by atoms with E-state index < -0.39 is 0 Å². The lowest BCUT2D eigenvalue weighted by Gasteiger charge is -2.18. The maximum Gasteiger partial charge on any atom is 0.323 e. The lowest BCUT2D eigenvalue weighted by atomic mass is 10.1. The van der Waals surface area contributed by atoms with Crippen molar-refractivity contribution in [2.45, 2.75) is 20.3 Å². The summed E-state index contributed by atoms with van der Waals surface area (Å²) in [6, 6.07) is 20.5. The molecule has 0 atom stereocenters. The van der Waals surface area contributed by atoms with Gasteiger partial charge in [0.25, 0.3) is 5.91 Å². The van der Waals surface area contributed by atoms with E-state index in [0.717, 1.165) is 34.5 Å². The number of nitrogens with one attached hydrogen (secondary N) is 2. The van der Waals surface area contributed by atoms with Crippen molar-refractivity contribution in [1.29, 1.82) is 0 Å². The summed E-state index contributed by atoms with van der Waals surface area (Å²) in [6.45, 7) is 4.63. The average Bonchev–Trinajstić information content (AvgIpc) is 3.15. The molecule has 5 nitrogen and oxygen atoms in total. The molecule has 1 aliphatic heterocycles. The second-order valence-electron chi connectivity index (χ2n) is 7.24. The van der Waals surface area contributed by atoms with Gasteiger partial charge in [0.2, 0.25) is 0 Å². The highest BCUT2D eigenvalue weighted by molar-refractivity contribution is 6.08. The Balaban J connectivity index is 1.51. The molecule has 5 heteroatoms. The molecule has 3 aromatic carbocycles. The molecule has 0 fully saturated rings. The van der Waals surface area contributed by atoms with Gasteiger partial charge in [-0.25, -0.2) is 4.79 Å². The van der Waals surface area contributed by atoms with E-state index in [4.69, 9.17) is 0 Å². The summed E-state index contributed by atoms with van der Waals surface area (Å²) in [7, 11) is 0. The zero-order valence-electron chi connectivity index (χ0n) is 16.5. The third-order valence-corrected chi connectivity index (χ3v) is 5.36. The minimum atomic E-state index is -0.308. The van der Waals surface area contributed by atoms with Gasteiger partial charge in [-0.05, 0) is 67.3 Å². The Labute approximate surface area is 170 Å². The van der Waals surface area contributed by atoms with Crippen LogP contribution in [0.3, 0.4) is 0 Å². The van der Waals surface area contributed by atoms with Gasteiger partial charge in [0.1, 0.15) is 0 Å². The smallest absolute Gasteiger partial charge is 0.308 e. The van der Waals surface area contributed by atoms with Gasteiger partial charge in [-0.1, -0.05) is 36.4 Å². The van der Waals surface area contributed by atoms with Crippen molar-refractivity contribution >= 4 is 29.0 Å². The lowest BCUT2D eigenvalue weighted by molar-refractivity contribution is 0.0989. The van der Waals surface area contributed by atoms with E-state index in [1.807, 2.05) is 80.6 Å². The Hall–Kier alpha value is -3.60. The van der Waals surface area contributed by atoms with Crippen LogP contribution in [0.25, 0.3) is 0 Å². The first-order valence-electron chi connectivity index (χ1n) is 9.67. The number of nitrogens with zero attached hydrogens (tertiary/aromatic N) is 1. The quantitative estimate of drug-likeness (QED) is 0.655. The van der Waals surface area contributed by atoms with Crippen LogP contribution < -0.4 is 15.5 Å². The van der Waals surface area contributed by atoms with E-state index >= 15 is 0 Å². The zero-order valence-corrected chi connectivity index (χ0v) is 16.5. The number of amides is 3. The van der Waals surface area contributed by atoms with Crippen molar-refractivity contribution in [3.8, 4) is 0 Å². The highest BCUT2D eigenvalue weighted by Crippen LogP contribution is 2.32. The summed E-state index contributed by atoms with van der Waals surface area (Å²) in [4.78, 5) is 27.1. The summed E-state index contributed by atoms with van der Waals surface area (Å²) in [5.41, 5.74) is 6.21. The van der Waals surface area contributed by atoms with Gasteiger partial charge in [-0.3, -0.25) is 4.79 Å². The highest BCUT2D eigenvalue weighted by Gasteiger charge is 2.26. The SMILES string of the molecule is Cc1cccc(NC(=O)Nc2ccc3c(c2)N(C(=O)c2ccccc2)CC3)c1C. The molecular weight excluding hydrogens is 362 g/mol. The second-order valence-corrected chi connectivity index (χ2v) is 7.24. The molecule has 3 aromatic rings. The summed E-state index contributed by atoms with van der Waals surface area (Å²) >= 11 is 0. The number of anilines is 3. The van der Waals surface area contributed by atoms with Gasteiger partial charge in [-0.15, -0.1) is 0 Å². The van der Waals surface area contributed by atoms with E-state index in [9.17, 15) is 9.59 Å². The predicted molar refractivity (Wildman–Crippen MR) is 117 cm³/mol. The Morgan fingerprint density at radius 2 is 1.69 bits per heavy atom. The minimum absolute atomic E-state index is 0.0265. The van der Waals surface area contributed by atoms with Crippen LogP contribution in [0.4, 0.5) is 21.9 Å². The van der Waals surface area contributed by atoms with Gasteiger partial charge < -0.3 is 15.5 Å². The Morgan fingerprint density at radius 3 is 2.48 bits per heavy atom. The molecule has 3 amide bonds. The molecule has 29 heavy (non-hydrogen) atoms. The molecule has 0 aliphatic carbocycles. The van der Waals surface area contributed by atoms with Crippen molar-refractivity contribution in [3.63, 3.8) is 0 Å². The molecule has 0 spiro atoms. The summed E-state index contributed by atoms with van der Waals surface area (Å²) in [5.74, 6) is -0.0265. The van der Waals surface area contributed by atoms with Crippen LogP contribution in [0.1, 0.15) is 27.0 Å². The summed E-state index contributed by atoms with van der Waals surface area (Å²) in [6.07, 6.45) is 0.808. The first-order valence-corrected chi connectivity index (χ1v) is 9.67. The number of carbonyl (C=O) groups excluding carboxylic acids is 2. The number of carbonyl (C=O) groups is 2. The predicted octanol–water partition coefficient (Wildman–Crippen LogP) is 5.15. The van der Waals surface area contributed by atoms with E-state index in [1.165, 1.54) is 0 Å². The molecule has 0 unspecified atom stereocenters. The van der Waals surface area contributed by atoms with Crippen LogP contribution in [0.5, 0.6) is 0 Å². The van der Waals surface area contributed by atoms with Crippen molar-refractivity contribution < 1.29 is 9.59 Å². The molecule has 1 heterocycles. The third-order valence-electron chi connectivity index (χ3n) is 5.36. The Morgan fingerprint density at radius 1 is 0.897 bits per heavy atom. The van der Waals surface area contributed by atoms with Crippen LogP contribution >= 0.6 is 0 Å². The fraction of sp³-hybridized carbons (Fsp3) is 0.167. The molecule has 0 aromatic heterocycles. The van der Waals surface area contributed by atoms with Crippen molar-refractivity contribution in [1.82, 2.24) is 0 Å². The Kier molecular flexibility index (Phi) is 5.04. The van der Waals surface area contributed by atoms with Gasteiger partial charge in [0, 0.05) is 29.2 Å². The van der Waals surface area contributed by atoms with E-state index in [2.05, 4.69) is 10.6 Å². The summed E-state index contributed by atoms with van der Waals surface area (Å²) < 4.78 is 0. The largest absolute Gasteiger partial charge is 0.323 e. The number of fused-ring (bicyclic) bond motifs is 1. The third kappa shape index (κ3) is 3.85. The normalized spacial score (nSPS) is 12.4. The van der Waals surface area contributed by atoms with Crippen LogP contribution in [0.2, 0.25) is 0 Å². The minimum Gasteiger partial charge on any atom is -0.308 e. The molecule has 0 saturated carbocycles. The van der Waals surface area contributed by atoms with Gasteiger partial charge in [0.05, 0.1) is 0 Å². The van der Waals surface area contributed by atoms with E-state index in [0.29, 0.717) is 17.8 Å².